The fraction of sp³-hybridized carbons (Fsp3) is 0.289. The molecule has 0 atom stereocenters. The number of fused-ring (bicyclic) bond motifs is 1. The Labute approximate surface area is 318 Å². The number of hydrogen-bond acceptors (Lipinski definition) is 8. The Balaban J connectivity index is 1.10. The summed E-state index contributed by atoms with van der Waals surface area (Å²) in [7, 11) is 1.48. The number of hydrogen-bond donors (Lipinski definition) is 1. The summed E-state index contributed by atoms with van der Waals surface area (Å²) in [6.07, 6.45) is 5.46. The fourth-order valence-corrected chi connectivity index (χ4v) is 6.30. The molecule has 0 radical (unpaired) electrons. The molecule has 1 aliphatic rings. The standard InChI is InChI=1S/C45H42F2O8/c1-3-45(28-53-29-45)27-52-22-8-4-5-9-23-54-39-21-17-33(25-40(39)51-2)44(50)55-43-34(26-48)24-32(36-10-6-7-11-38(36)43)13-12-31-16-20-37(42(47)41(31)46)30-14-18-35(49)19-15-30/h6-7,10-11,14-21,24-26,49H,3-5,8-9,22-23,27-29H2,1-2H3. The van der Waals surface area contributed by atoms with E-state index in [1.807, 2.05) is 0 Å². The normalized spacial score (nSPS) is 13.0. The molecule has 0 aliphatic carbocycles. The maximum Gasteiger partial charge on any atom is 0.343 e. The first kappa shape index (κ1) is 38.9. The van der Waals surface area contributed by atoms with Gasteiger partial charge in [-0.3, -0.25) is 4.79 Å². The first-order valence-corrected chi connectivity index (χ1v) is 18.2. The Bertz CT molecular complexity index is 2210. The summed E-state index contributed by atoms with van der Waals surface area (Å²) < 4.78 is 58.8. The number of unbranched alkanes of at least 4 members (excludes halogenated alkanes) is 3. The molecule has 1 heterocycles. The van der Waals surface area contributed by atoms with Crippen molar-refractivity contribution in [3.05, 3.63) is 119 Å². The van der Waals surface area contributed by atoms with Crippen LogP contribution in [-0.4, -0.2) is 57.5 Å². The predicted molar refractivity (Wildman–Crippen MR) is 205 cm³/mol. The molecule has 1 saturated heterocycles. The van der Waals surface area contributed by atoms with Crippen LogP contribution in [0.25, 0.3) is 21.9 Å². The summed E-state index contributed by atoms with van der Waals surface area (Å²) in [4.78, 5) is 25.8. The van der Waals surface area contributed by atoms with Crippen molar-refractivity contribution >= 4 is 23.0 Å². The number of aldehydes is 1. The summed E-state index contributed by atoms with van der Waals surface area (Å²) in [5.41, 5.74) is 1.00. The molecular formula is C45H42F2O8. The number of esters is 1. The molecule has 0 unspecified atom stereocenters. The zero-order valence-corrected chi connectivity index (χ0v) is 30.8. The van der Waals surface area contributed by atoms with E-state index in [2.05, 4.69) is 18.8 Å². The lowest BCUT2D eigenvalue weighted by Crippen LogP contribution is -2.45. The van der Waals surface area contributed by atoms with Gasteiger partial charge in [-0.05, 0) is 79.8 Å². The largest absolute Gasteiger partial charge is 0.508 e. The molecule has 0 saturated carbocycles. The van der Waals surface area contributed by atoms with E-state index < -0.39 is 17.6 Å². The Morgan fingerprint density at radius 1 is 0.855 bits per heavy atom. The molecule has 8 nitrogen and oxygen atoms in total. The molecule has 1 N–H and O–H groups in total. The van der Waals surface area contributed by atoms with E-state index in [1.54, 1.807) is 36.4 Å². The molecule has 0 spiro atoms. The molecule has 284 valence electrons. The smallest absolute Gasteiger partial charge is 0.343 e. The van der Waals surface area contributed by atoms with E-state index in [0.717, 1.165) is 58.5 Å². The number of carbonyl (C=O) groups is 2. The first-order chi connectivity index (χ1) is 26.8. The van der Waals surface area contributed by atoms with Crippen LogP contribution in [0.2, 0.25) is 0 Å². The van der Waals surface area contributed by atoms with Crippen LogP contribution in [0.1, 0.15) is 70.9 Å². The molecule has 1 aliphatic heterocycles. The Kier molecular flexibility index (Phi) is 12.8. The molecular weight excluding hydrogens is 706 g/mol. The average Bonchev–Trinajstić information content (AvgIpc) is 3.19. The first-order valence-electron chi connectivity index (χ1n) is 18.2. The predicted octanol–water partition coefficient (Wildman–Crippen LogP) is 9.31. The highest BCUT2D eigenvalue weighted by atomic mass is 19.2. The zero-order valence-electron chi connectivity index (χ0n) is 30.8. The minimum atomic E-state index is -1.13. The lowest BCUT2D eigenvalue weighted by molar-refractivity contribution is -0.150. The molecule has 5 aromatic carbocycles. The van der Waals surface area contributed by atoms with E-state index in [1.165, 1.54) is 55.6 Å². The van der Waals surface area contributed by atoms with Gasteiger partial charge in [0.05, 0.1) is 50.2 Å². The quantitative estimate of drug-likeness (QED) is 0.0351. The summed E-state index contributed by atoms with van der Waals surface area (Å²) in [5, 5.41) is 10.5. The third-order valence-corrected chi connectivity index (χ3v) is 9.75. The zero-order chi connectivity index (χ0) is 38.8. The van der Waals surface area contributed by atoms with Gasteiger partial charge in [-0.15, -0.1) is 0 Å². The number of ether oxygens (including phenoxy) is 5. The molecule has 10 heteroatoms. The molecule has 5 aromatic rings. The third-order valence-electron chi connectivity index (χ3n) is 9.75. The molecule has 0 aromatic heterocycles. The lowest BCUT2D eigenvalue weighted by atomic mass is 9.84. The topological polar surface area (TPSA) is 101 Å². The lowest BCUT2D eigenvalue weighted by Gasteiger charge is -2.40. The van der Waals surface area contributed by atoms with Crippen LogP contribution >= 0.6 is 0 Å². The van der Waals surface area contributed by atoms with Gasteiger partial charge in [-0.1, -0.05) is 61.6 Å². The highest BCUT2D eigenvalue weighted by Crippen LogP contribution is 2.35. The van der Waals surface area contributed by atoms with Crippen LogP contribution in [0.4, 0.5) is 8.78 Å². The Morgan fingerprint density at radius 3 is 2.27 bits per heavy atom. The Hall–Kier alpha value is -5.76. The minimum Gasteiger partial charge on any atom is -0.508 e. The minimum absolute atomic E-state index is 0.00446. The average molecular weight is 749 g/mol. The van der Waals surface area contributed by atoms with E-state index in [9.17, 15) is 14.7 Å². The number of carbonyl (C=O) groups excluding carboxylic acids is 2. The van der Waals surface area contributed by atoms with Crippen LogP contribution in [0.15, 0.2) is 84.9 Å². The SMILES string of the molecule is CCC1(COCCCCCCOc2ccc(C(=O)Oc3c(C=O)cc(C#Cc4ccc(-c5ccc(O)cc5)c(F)c4F)c4ccccc34)cc2OC)COC1. The molecule has 55 heavy (non-hydrogen) atoms. The van der Waals surface area contributed by atoms with Gasteiger partial charge < -0.3 is 28.8 Å². The van der Waals surface area contributed by atoms with Crippen molar-refractivity contribution in [1.29, 1.82) is 0 Å². The van der Waals surface area contributed by atoms with Crippen LogP contribution < -0.4 is 14.2 Å². The van der Waals surface area contributed by atoms with Crippen molar-refractivity contribution in [2.24, 2.45) is 5.41 Å². The number of phenols is 1. The van der Waals surface area contributed by atoms with Crippen LogP contribution in [0, 0.1) is 28.9 Å². The van der Waals surface area contributed by atoms with Crippen molar-refractivity contribution in [2.75, 3.05) is 40.1 Å². The second-order valence-electron chi connectivity index (χ2n) is 13.5. The van der Waals surface area contributed by atoms with E-state index in [4.69, 9.17) is 23.7 Å². The summed E-state index contributed by atoms with van der Waals surface area (Å²) in [5.74, 6) is 3.50. The fourth-order valence-electron chi connectivity index (χ4n) is 6.30. The second kappa shape index (κ2) is 18.0. The van der Waals surface area contributed by atoms with Gasteiger partial charge in [0.1, 0.15) is 11.5 Å². The number of halogens is 2. The van der Waals surface area contributed by atoms with Gasteiger partial charge in [0.15, 0.2) is 29.4 Å². The Morgan fingerprint density at radius 2 is 1.58 bits per heavy atom. The monoisotopic (exact) mass is 748 g/mol. The third kappa shape index (κ3) is 9.14. The van der Waals surface area contributed by atoms with Crippen LogP contribution in [0.5, 0.6) is 23.0 Å². The van der Waals surface area contributed by atoms with Gasteiger partial charge in [0.25, 0.3) is 0 Å². The number of methoxy groups -OCH3 is 1. The van der Waals surface area contributed by atoms with Gasteiger partial charge in [-0.25, -0.2) is 13.6 Å². The van der Waals surface area contributed by atoms with Gasteiger partial charge >= 0.3 is 5.97 Å². The summed E-state index contributed by atoms with van der Waals surface area (Å²) in [6, 6.07) is 21.6. The van der Waals surface area contributed by atoms with E-state index in [0.29, 0.717) is 46.3 Å². The van der Waals surface area contributed by atoms with Crippen molar-refractivity contribution in [3.8, 4) is 46.0 Å². The molecule has 1 fully saturated rings. The maximum atomic E-state index is 15.2. The van der Waals surface area contributed by atoms with Crippen molar-refractivity contribution < 1.29 is 47.2 Å². The van der Waals surface area contributed by atoms with E-state index >= 15 is 8.78 Å². The van der Waals surface area contributed by atoms with Crippen LogP contribution in [-0.2, 0) is 9.47 Å². The van der Waals surface area contributed by atoms with E-state index in [-0.39, 0.29) is 39.2 Å². The molecule has 0 amide bonds. The highest BCUT2D eigenvalue weighted by molar-refractivity contribution is 6.03. The van der Waals surface area contributed by atoms with Gasteiger partial charge in [0, 0.05) is 33.9 Å². The van der Waals surface area contributed by atoms with Crippen LogP contribution in [0.3, 0.4) is 0 Å². The highest BCUT2D eigenvalue weighted by Gasteiger charge is 2.36. The number of benzene rings is 5. The molecule has 6 rings (SSSR count). The van der Waals surface area contributed by atoms with Crippen molar-refractivity contribution in [2.45, 2.75) is 39.0 Å². The van der Waals surface area contributed by atoms with Crippen molar-refractivity contribution in [1.82, 2.24) is 0 Å². The molecule has 0 bridgehead atoms. The number of phenolic OH excluding ortho intramolecular Hbond substituents is 1. The summed E-state index contributed by atoms with van der Waals surface area (Å²) in [6.45, 7) is 5.71. The maximum absolute atomic E-state index is 15.2. The second-order valence-corrected chi connectivity index (χ2v) is 13.5. The van der Waals surface area contributed by atoms with Gasteiger partial charge in [-0.2, -0.15) is 0 Å². The van der Waals surface area contributed by atoms with Crippen molar-refractivity contribution in [3.63, 3.8) is 0 Å². The number of aromatic hydroxyl groups is 1. The number of rotatable bonds is 16. The summed E-state index contributed by atoms with van der Waals surface area (Å²) >= 11 is 0. The van der Waals surface area contributed by atoms with Gasteiger partial charge in [0.2, 0.25) is 0 Å².